The normalized spacial score (nSPS) is 18.5. The molecule has 3 aromatic carbocycles. The van der Waals surface area contributed by atoms with Gasteiger partial charge in [0.15, 0.2) is 5.78 Å². The summed E-state index contributed by atoms with van der Waals surface area (Å²) < 4.78 is 15.0. The van der Waals surface area contributed by atoms with Crippen molar-refractivity contribution in [2.45, 2.75) is 83.6 Å². The molecule has 1 N–H and O–H groups in total. The van der Waals surface area contributed by atoms with E-state index < -0.39 is 0 Å². The van der Waals surface area contributed by atoms with E-state index >= 15 is 0 Å². The van der Waals surface area contributed by atoms with Gasteiger partial charge in [0.1, 0.15) is 11.6 Å². The second kappa shape index (κ2) is 13.3. The molecule has 2 aliphatic carbocycles. The maximum absolute atomic E-state index is 12.8. The maximum atomic E-state index is 12.8. The number of aromatic nitrogens is 1. The summed E-state index contributed by atoms with van der Waals surface area (Å²) in [6.07, 6.45) is 14.0. The molecule has 2 aliphatic rings. The smallest absolute Gasteiger partial charge is 0.193 e. The molecule has 1 aromatic heterocycles. The largest absolute Gasteiger partial charge is 0.511 e. The molecule has 6 rings (SSSR count). The minimum absolute atomic E-state index is 0.0554. The second-order valence-corrected chi connectivity index (χ2v) is 11.7. The summed E-state index contributed by atoms with van der Waals surface area (Å²) in [5.74, 6) is 2.41. The molecule has 0 spiro atoms. The second-order valence-electron chi connectivity index (χ2n) is 11.7. The molecular formula is C37H42FNO2. The summed E-state index contributed by atoms with van der Waals surface area (Å²) in [6.45, 7) is 4.89. The molecule has 2 atom stereocenters. The Hall–Kier alpha value is -3.66. The average Bonchev–Trinajstić information content (AvgIpc) is 3.63. The lowest BCUT2D eigenvalue weighted by atomic mass is 9.80. The summed E-state index contributed by atoms with van der Waals surface area (Å²) in [5, 5.41) is 11.2. The summed E-state index contributed by atoms with van der Waals surface area (Å²) >= 11 is 0. The minimum atomic E-state index is -0.322. The number of ketones is 1. The van der Waals surface area contributed by atoms with Crippen molar-refractivity contribution < 1.29 is 14.3 Å². The summed E-state index contributed by atoms with van der Waals surface area (Å²) in [5.41, 5.74) is 5.23. The van der Waals surface area contributed by atoms with E-state index in [0.29, 0.717) is 29.3 Å². The molecule has 4 heteroatoms. The van der Waals surface area contributed by atoms with Crippen molar-refractivity contribution >= 4 is 16.7 Å². The van der Waals surface area contributed by atoms with Gasteiger partial charge in [0.05, 0.1) is 6.54 Å². The lowest BCUT2D eigenvalue weighted by molar-refractivity contribution is 0.103. The Kier molecular flexibility index (Phi) is 9.38. The molecule has 3 nitrogen and oxygen atoms in total. The van der Waals surface area contributed by atoms with E-state index in [9.17, 15) is 14.3 Å². The number of allylic oxidation sites excluding steroid dienone is 2. The van der Waals surface area contributed by atoms with Crippen molar-refractivity contribution in [2.75, 3.05) is 0 Å². The summed E-state index contributed by atoms with van der Waals surface area (Å²) in [4.78, 5) is 12.2. The van der Waals surface area contributed by atoms with Crippen molar-refractivity contribution in [3.63, 3.8) is 0 Å². The number of aliphatic hydroxyl groups is 1. The Morgan fingerprint density at radius 3 is 2.27 bits per heavy atom. The molecule has 4 aromatic rings. The van der Waals surface area contributed by atoms with Crippen LogP contribution in [0.15, 0.2) is 90.8 Å². The fourth-order valence-electron chi connectivity index (χ4n) is 5.90. The first-order valence-corrected chi connectivity index (χ1v) is 15.3. The minimum Gasteiger partial charge on any atom is -0.511 e. The van der Waals surface area contributed by atoms with Crippen molar-refractivity contribution in [1.29, 1.82) is 0 Å². The highest BCUT2D eigenvalue weighted by atomic mass is 19.1. The van der Waals surface area contributed by atoms with Gasteiger partial charge in [-0.3, -0.25) is 4.79 Å². The molecule has 2 saturated carbocycles. The van der Waals surface area contributed by atoms with Crippen LogP contribution in [0.25, 0.3) is 10.9 Å². The molecule has 2 unspecified atom stereocenters. The Morgan fingerprint density at radius 1 is 0.951 bits per heavy atom. The predicted octanol–water partition coefficient (Wildman–Crippen LogP) is 10.1. The van der Waals surface area contributed by atoms with E-state index in [0.717, 1.165) is 18.3 Å². The third-order valence-corrected chi connectivity index (χ3v) is 8.71. The van der Waals surface area contributed by atoms with Gasteiger partial charge in [0.2, 0.25) is 0 Å². The van der Waals surface area contributed by atoms with Crippen LogP contribution in [0.5, 0.6) is 0 Å². The third kappa shape index (κ3) is 7.16. The monoisotopic (exact) mass is 551 g/mol. The van der Waals surface area contributed by atoms with Crippen LogP contribution in [0.1, 0.15) is 104 Å². The van der Waals surface area contributed by atoms with Crippen LogP contribution in [0.4, 0.5) is 4.39 Å². The number of rotatable bonds is 10. The number of nitrogens with zero attached hydrogens (tertiary/aromatic N) is 1. The number of hydrogen-bond acceptors (Lipinski definition) is 2. The van der Waals surface area contributed by atoms with Crippen LogP contribution in [-0.4, -0.2) is 15.5 Å². The van der Waals surface area contributed by atoms with Crippen molar-refractivity contribution in [1.82, 2.24) is 4.57 Å². The van der Waals surface area contributed by atoms with E-state index in [1.807, 2.05) is 37.3 Å². The quantitative estimate of drug-likeness (QED) is 0.157. The molecular weight excluding hydrogens is 509 g/mol. The summed E-state index contributed by atoms with van der Waals surface area (Å²) in [6, 6.07) is 22.5. The van der Waals surface area contributed by atoms with Crippen LogP contribution in [0.3, 0.4) is 0 Å². The van der Waals surface area contributed by atoms with Crippen LogP contribution >= 0.6 is 0 Å². The first kappa shape index (κ1) is 28.9. The molecule has 0 saturated heterocycles. The number of aliphatic hydroxyl groups excluding tert-OH is 1. The zero-order chi connectivity index (χ0) is 28.8. The van der Waals surface area contributed by atoms with Crippen molar-refractivity contribution in [2.24, 2.45) is 5.92 Å². The number of carbonyl (C=O) groups is 1. The molecule has 0 amide bonds. The van der Waals surface area contributed by atoms with Gasteiger partial charge in [0, 0.05) is 22.8 Å². The SMILES string of the molecule is CC/C=C(/O)Cn1ccc2ccc(C3CC3CCCC)cc21.O=C(c1ccc(F)cc1)c1ccc(C2CCC2)cc1. The van der Waals surface area contributed by atoms with Crippen LogP contribution in [0.2, 0.25) is 0 Å². The number of hydrogen-bond donors (Lipinski definition) is 1. The van der Waals surface area contributed by atoms with Gasteiger partial charge in [-0.25, -0.2) is 4.39 Å². The van der Waals surface area contributed by atoms with Gasteiger partial charge in [-0.2, -0.15) is 0 Å². The summed E-state index contributed by atoms with van der Waals surface area (Å²) in [7, 11) is 0. The van der Waals surface area contributed by atoms with Crippen molar-refractivity contribution in [3.8, 4) is 0 Å². The molecule has 0 bridgehead atoms. The van der Waals surface area contributed by atoms with Gasteiger partial charge in [-0.05, 0) is 109 Å². The Bertz CT molecular complexity index is 1480. The molecule has 1 heterocycles. The zero-order valence-corrected chi connectivity index (χ0v) is 24.4. The van der Waals surface area contributed by atoms with Crippen LogP contribution in [-0.2, 0) is 6.54 Å². The number of benzene rings is 3. The first-order valence-electron chi connectivity index (χ1n) is 15.3. The van der Waals surface area contributed by atoms with Gasteiger partial charge in [-0.15, -0.1) is 0 Å². The van der Waals surface area contributed by atoms with Gasteiger partial charge in [0.25, 0.3) is 0 Å². The first-order chi connectivity index (χ1) is 20.0. The van der Waals surface area contributed by atoms with Crippen LogP contribution in [0, 0.1) is 11.7 Å². The van der Waals surface area contributed by atoms with E-state index in [1.54, 1.807) is 0 Å². The number of fused-ring (bicyclic) bond motifs is 1. The highest BCUT2D eigenvalue weighted by Crippen LogP contribution is 2.50. The average molecular weight is 552 g/mol. The topological polar surface area (TPSA) is 42.2 Å². The molecule has 0 radical (unpaired) electrons. The Morgan fingerprint density at radius 2 is 1.63 bits per heavy atom. The molecule has 41 heavy (non-hydrogen) atoms. The highest BCUT2D eigenvalue weighted by molar-refractivity contribution is 6.08. The van der Waals surface area contributed by atoms with E-state index in [2.05, 4.69) is 42.0 Å². The lowest BCUT2D eigenvalue weighted by Crippen LogP contribution is -2.09. The van der Waals surface area contributed by atoms with E-state index in [4.69, 9.17) is 0 Å². The maximum Gasteiger partial charge on any atom is 0.193 e. The number of halogens is 1. The van der Waals surface area contributed by atoms with Crippen molar-refractivity contribution in [3.05, 3.63) is 119 Å². The standard InChI is InChI=1S/C20H27NO.C17H15FO/c1-3-5-7-16-12-19(16)17-9-8-15-10-11-21(20(15)13-17)14-18(22)6-4-2;18-16-10-8-15(9-11-16)17(19)14-6-4-13(5-7-14)12-2-1-3-12/h6,8-11,13,16,19,22H,3-5,7,12,14H2,1-2H3;4-12H,1-3H2/b18-6+;. The van der Waals surface area contributed by atoms with Gasteiger partial charge >= 0.3 is 0 Å². The van der Waals surface area contributed by atoms with Gasteiger partial charge in [-0.1, -0.05) is 69.5 Å². The molecule has 214 valence electrons. The predicted molar refractivity (Wildman–Crippen MR) is 166 cm³/mol. The number of unbranched alkanes of at least 4 members (excludes halogenated alkanes) is 1. The zero-order valence-electron chi connectivity index (χ0n) is 24.4. The highest BCUT2D eigenvalue weighted by Gasteiger charge is 2.37. The lowest BCUT2D eigenvalue weighted by Gasteiger charge is -2.25. The fraction of sp³-hybridized carbons (Fsp3) is 0.378. The molecule has 0 aliphatic heterocycles. The molecule has 2 fully saturated rings. The van der Waals surface area contributed by atoms with Crippen LogP contribution < -0.4 is 0 Å². The van der Waals surface area contributed by atoms with E-state index in [1.165, 1.54) is 91.2 Å². The fourth-order valence-corrected chi connectivity index (χ4v) is 5.90. The number of carbonyl (C=O) groups excluding carboxylic acids is 1. The Labute approximate surface area is 243 Å². The van der Waals surface area contributed by atoms with E-state index in [-0.39, 0.29) is 11.6 Å². The third-order valence-electron chi connectivity index (χ3n) is 8.71. The Balaban J connectivity index is 0.000000166. The van der Waals surface area contributed by atoms with Gasteiger partial charge < -0.3 is 9.67 Å².